The van der Waals surface area contributed by atoms with Crippen LogP contribution in [0.1, 0.15) is 123 Å². The van der Waals surface area contributed by atoms with E-state index in [1.165, 1.54) is 0 Å². The number of hydrogen-bond donors (Lipinski definition) is 2. The van der Waals surface area contributed by atoms with E-state index < -0.39 is 12.0 Å². The Balaban J connectivity index is 1.46. The molecular weight excluding hydrogens is 518 g/mol. The van der Waals surface area contributed by atoms with E-state index in [-0.39, 0.29) is 55.4 Å². The number of aryl methyl sites for hydroxylation is 1. The molecule has 2 N–H and O–H groups in total. The van der Waals surface area contributed by atoms with E-state index in [0.717, 1.165) is 24.8 Å². The third-order valence-corrected chi connectivity index (χ3v) is 8.08. The van der Waals surface area contributed by atoms with Gasteiger partial charge in [0.2, 0.25) is 11.8 Å². The summed E-state index contributed by atoms with van der Waals surface area (Å²) in [6.45, 7) is 7.53. The second-order valence-electron chi connectivity index (χ2n) is 11.7. The monoisotopic (exact) mass is 556 g/mol. The van der Waals surface area contributed by atoms with Gasteiger partial charge >= 0.3 is 0 Å². The minimum Gasteiger partial charge on any atom is -0.360 e. The van der Waals surface area contributed by atoms with E-state index in [2.05, 4.69) is 20.9 Å². The van der Waals surface area contributed by atoms with E-state index in [9.17, 15) is 18.4 Å². The van der Waals surface area contributed by atoms with Crippen molar-refractivity contribution >= 4 is 17.5 Å². The molecule has 0 aliphatic heterocycles. The fraction of sp³-hybridized carbons (Fsp3) is 0.621. The summed E-state index contributed by atoms with van der Waals surface area (Å²) in [5.74, 6) is -2.45. The first-order chi connectivity index (χ1) is 19.1. The topological polar surface area (TPSA) is 114 Å². The molecule has 2 aliphatic rings. The van der Waals surface area contributed by atoms with Gasteiger partial charge in [-0.05, 0) is 62.5 Å². The van der Waals surface area contributed by atoms with Crippen molar-refractivity contribution in [3.8, 4) is 0 Å². The van der Waals surface area contributed by atoms with E-state index in [1.807, 2.05) is 26.8 Å². The summed E-state index contributed by atoms with van der Waals surface area (Å²) in [5.41, 5.74) is 2.88. The molecule has 40 heavy (non-hydrogen) atoms. The Hall–Kier alpha value is -3.37. The van der Waals surface area contributed by atoms with Crippen molar-refractivity contribution < 1.29 is 22.9 Å². The minimum absolute atomic E-state index is 0.0185. The molecule has 9 nitrogen and oxygen atoms in total. The number of nitrogens with zero attached hydrogens (tertiary/aromatic N) is 4. The molecule has 3 aromatic rings. The van der Waals surface area contributed by atoms with Crippen LogP contribution < -0.4 is 10.6 Å². The largest absolute Gasteiger partial charge is 0.360 e. The molecule has 3 aromatic heterocycles. The molecule has 3 heterocycles. The molecule has 2 aliphatic carbocycles. The Bertz CT molecular complexity index is 1370. The van der Waals surface area contributed by atoms with E-state index in [4.69, 9.17) is 9.51 Å². The van der Waals surface area contributed by atoms with Crippen molar-refractivity contribution in [3.05, 3.63) is 46.7 Å². The Morgan fingerprint density at radius 3 is 2.48 bits per heavy atom. The van der Waals surface area contributed by atoms with Crippen LogP contribution in [0.2, 0.25) is 0 Å². The van der Waals surface area contributed by atoms with Crippen LogP contribution in [-0.2, 0) is 4.79 Å². The normalized spacial score (nSPS) is 19.1. The zero-order valence-corrected chi connectivity index (χ0v) is 23.5. The first kappa shape index (κ1) is 28.2. The molecule has 5 rings (SSSR count). The van der Waals surface area contributed by atoms with Crippen molar-refractivity contribution in [2.75, 3.05) is 0 Å². The van der Waals surface area contributed by atoms with Gasteiger partial charge < -0.3 is 15.2 Å². The van der Waals surface area contributed by atoms with Gasteiger partial charge in [0, 0.05) is 25.2 Å². The molecule has 11 heteroatoms. The highest BCUT2D eigenvalue weighted by atomic mass is 19.3. The van der Waals surface area contributed by atoms with Gasteiger partial charge in [0.25, 0.3) is 5.91 Å². The number of nitrogens with one attached hydrogen (secondary N) is 2. The van der Waals surface area contributed by atoms with Crippen LogP contribution in [0.15, 0.2) is 23.0 Å². The molecule has 216 valence electrons. The number of carbonyl (C=O) groups is 2. The number of imidazole rings is 1. The SMILES string of the molecule is CCCC(=O)N[C@@H](c1cnn2cc([C@@H](NC(=O)c3c(C)noc3C(C)C)C3CCC(F)(F)CC3)nc2c1)C1CC1. The second kappa shape index (κ2) is 11.2. The average Bonchev–Trinajstić information content (AvgIpc) is 3.53. The number of aromatic nitrogens is 4. The summed E-state index contributed by atoms with van der Waals surface area (Å²) in [6.07, 6.45) is 6.89. The van der Waals surface area contributed by atoms with Gasteiger partial charge in [0.05, 0.1) is 35.9 Å². The van der Waals surface area contributed by atoms with Crippen LogP contribution in [0.25, 0.3) is 5.65 Å². The number of halogens is 2. The van der Waals surface area contributed by atoms with Gasteiger partial charge in [0.1, 0.15) is 5.56 Å². The van der Waals surface area contributed by atoms with E-state index in [1.54, 1.807) is 23.8 Å². The molecular formula is C29H38F2N6O3. The van der Waals surface area contributed by atoms with Gasteiger partial charge in [-0.1, -0.05) is 25.9 Å². The zero-order chi connectivity index (χ0) is 28.6. The highest BCUT2D eigenvalue weighted by molar-refractivity contribution is 5.96. The molecule has 0 radical (unpaired) electrons. The Morgan fingerprint density at radius 1 is 1.12 bits per heavy atom. The molecule has 0 spiro atoms. The third kappa shape index (κ3) is 6.02. The van der Waals surface area contributed by atoms with E-state index in [0.29, 0.717) is 40.7 Å². The van der Waals surface area contributed by atoms with Crippen LogP contribution >= 0.6 is 0 Å². The zero-order valence-electron chi connectivity index (χ0n) is 23.5. The number of amides is 2. The quantitative estimate of drug-likeness (QED) is 0.326. The van der Waals surface area contributed by atoms with Crippen LogP contribution in [-0.4, -0.2) is 37.5 Å². The predicted molar refractivity (Wildman–Crippen MR) is 144 cm³/mol. The van der Waals surface area contributed by atoms with Gasteiger partial charge in [-0.3, -0.25) is 9.59 Å². The first-order valence-corrected chi connectivity index (χ1v) is 14.4. The second-order valence-corrected chi connectivity index (χ2v) is 11.7. The van der Waals surface area contributed by atoms with E-state index >= 15 is 0 Å². The van der Waals surface area contributed by atoms with Crippen LogP contribution in [0.5, 0.6) is 0 Å². The van der Waals surface area contributed by atoms with Gasteiger partial charge in [0.15, 0.2) is 11.4 Å². The highest BCUT2D eigenvalue weighted by Gasteiger charge is 2.40. The van der Waals surface area contributed by atoms with Crippen molar-refractivity contribution in [1.82, 2.24) is 30.4 Å². The van der Waals surface area contributed by atoms with Gasteiger partial charge in [-0.25, -0.2) is 18.3 Å². The lowest BCUT2D eigenvalue weighted by Gasteiger charge is -2.33. The number of fused-ring (bicyclic) bond motifs is 1. The Labute approximate surface area is 232 Å². The first-order valence-electron chi connectivity index (χ1n) is 14.4. The Kier molecular flexibility index (Phi) is 7.92. The van der Waals surface area contributed by atoms with Crippen molar-refractivity contribution in [2.24, 2.45) is 11.8 Å². The Morgan fingerprint density at radius 2 is 1.82 bits per heavy atom. The standard InChI is InChI=1S/C29H38F2N6O3/c1-5-6-23(38)34-25(18-7-8-18)20-13-22-33-21(15-37(22)32-14-20)26(19-9-11-29(30,31)12-10-19)35-28(39)24-17(4)36-40-27(24)16(2)3/h13-16,18-19,25-26H,5-12H2,1-4H3,(H,34,38)(H,35,39)/t25-,26+/m1/s1. The molecule has 0 unspecified atom stereocenters. The van der Waals surface area contributed by atoms with Crippen molar-refractivity contribution in [1.29, 1.82) is 0 Å². The fourth-order valence-electron chi connectivity index (χ4n) is 5.71. The van der Waals surface area contributed by atoms with Crippen LogP contribution in [0.4, 0.5) is 8.78 Å². The van der Waals surface area contributed by atoms with Crippen molar-refractivity contribution in [2.45, 2.75) is 103 Å². The smallest absolute Gasteiger partial charge is 0.257 e. The summed E-state index contributed by atoms with van der Waals surface area (Å²) in [6, 6.07) is 1.20. The lowest BCUT2D eigenvalue weighted by molar-refractivity contribution is -0.122. The fourth-order valence-corrected chi connectivity index (χ4v) is 5.71. The maximum Gasteiger partial charge on any atom is 0.257 e. The molecule has 2 fully saturated rings. The highest BCUT2D eigenvalue weighted by Crippen LogP contribution is 2.43. The number of rotatable bonds is 10. The maximum atomic E-state index is 14.1. The molecule has 2 saturated carbocycles. The molecule has 0 bridgehead atoms. The van der Waals surface area contributed by atoms with Gasteiger partial charge in [-0.15, -0.1) is 0 Å². The predicted octanol–water partition coefficient (Wildman–Crippen LogP) is 5.81. The lowest BCUT2D eigenvalue weighted by atomic mass is 9.81. The lowest BCUT2D eigenvalue weighted by Crippen LogP contribution is -2.37. The summed E-state index contributed by atoms with van der Waals surface area (Å²) < 4.78 is 35.2. The molecule has 0 aromatic carbocycles. The molecule has 2 atom stereocenters. The summed E-state index contributed by atoms with van der Waals surface area (Å²) >= 11 is 0. The molecule has 0 saturated heterocycles. The van der Waals surface area contributed by atoms with Crippen LogP contribution in [0.3, 0.4) is 0 Å². The third-order valence-electron chi connectivity index (χ3n) is 8.08. The summed E-state index contributed by atoms with van der Waals surface area (Å²) in [4.78, 5) is 30.7. The minimum atomic E-state index is -2.70. The number of hydrogen-bond acceptors (Lipinski definition) is 6. The summed E-state index contributed by atoms with van der Waals surface area (Å²) in [7, 11) is 0. The van der Waals surface area contributed by atoms with Crippen LogP contribution in [0, 0.1) is 18.8 Å². The molecule has 2 amide bonds. The number of alkyl halides is 2. The maximum absolute atomic E-state index is 14.1. The van der Waals surface area contributed by atoms with Gasteiger partial charge in [-0.2, -0.15) is 5.10 Å². The summed E-state index contributed by atoms with van der Waals surface area (Å²) in [5, 5.41) is 14.8. The average molecular weight is 557 g/mol. The van der Waals surface area contributed by atoms with Crippen molar-refractivity contribution in [3.63, 3.8) is 0 Å². The number of carbonyl (C=O) groups excluding carboxylic acids is 2.